The van der Waals surface area contributed by atoms with Crippen molar-refractivity contribution in [2.24, 2.45) is 0 Å². The first-order valence-corrected chi connectivity index (χ1v) is 6.74. The van der Waals surface area contributed by atoms with E-state index in [2.05, 4.69) is 31.0 Å². The molecular weight excluding hydrogens is 250 g/mol. The van der Waals surface area contributed by atoms with E-state index in [1.807, 2.05) is 13.0 Å². The van der Waals surface area contributed by atoms with Crippen LogP contribution in [0.15, 0.2) is 24.3 Å². The Morgan fingerprint density at radius 3 is 2.70 bits per heavy atom. The number of benzene rings is 1. The van der Waals surface area contributed by atoms with Gasteiger partial charge in [-0.15, -0.1) is 0 Å². The van der Waals surface area contributed by atoms with Gasteiger partial charge in [-0.1, -0.05) is 11.6 Å². The number of aromatic nitrogens is 1. The molecule has 20 heavy (non-hydrogen) atoms. The summed E-state index contributed by atoms with van der Waals surface area (Å²) in [5.74, 6) is -0.320. The van der Waals surface area contributed by atoms with Crippen LogP contribution in [0.3, 0.4) is 0 Å². The molecule has 0 spiro atoms. The molecule has 0 unspecified atom stereocenters. The van der Waals surface area contributed by atoms with Gasteiger partial charge in [-0.3, -0.25) is 4.98 Å². The topological polar surface area (TPSA) is 39.2 Å². The van der Waals surface area contributed by atoms with Crippen LogP contribution in [0.1, 0.15) is 29.3 Å². The SMILES string of the molecule is CCOC(=O)/C=C/c1cc(C)nc2c(C)cc(C)cc12. The summed E-state index contributed by atoms with van der Waals surface area (Å²) in [6, 6.07) is 6.20. The number of pyridine rings is 1. The minimum Gasteiger partial charge on any atom is -0.463 e. The van der Waals surface area contributed by atoms with E-state index in [9.17, 15) is 4.79 Å². The predicted octanol–water partition coefficient (Wildman–Crippen LogP) is 3.74. The van der Waals surface area contributed by atoms with Gasteiger partial charge >= 0.3 is 5.97 Å². The highest BCUT2D eigenvalue weighted by atomic mass is 16.5. The molecule has 0 aliphatic carbocycles. The van der Waals surface area contributed by atoms with Crippen molar-refractivity contribution in [3.8, 4) is 0 Å². The van der Waals surface area contributed by atoms with Crippen LogP contribution in [0.2, 0.25) is 0 Å². The summed E-state index contributed by atoms with van der Waals surface area (Å²) in [5, 5.41) is 1.06. The standard InChI is InChI=1S/C17H19NO2/c1-5-20-16(19)7-6-14-10-13(4)18-17-12(3)8-11(2)9-15(14)17/h6-10H,5H2,1-4H3/b7-6+. The summed E-state index contributed by atoms with van der Waals surface area (Å²) in [4.78, 5) is 16.0. The minimum atomic E-state index is -0.320. The Hall–Kier alpha value is -2.16. The van der Waals surface area contributed by atoms with Gasteiger partial charge < -0.3 is 4.74 Å². The molecule has 0 aliphatic rings. The Morgan fingerprint density at radius 1 is 1.25 bits per heavy atom. The van der Waals surface area contributed by atoms with Crippen molar-refractivity contribution in [1.82, 2.24) is 4.98 Å². The van der Waals surface area contributed by atoms with E-state index >= 15 is 0 Å². The van der Waals surface area contributed by atoms with Crippen LogP contribution in [0, 0.1) is 20.8 Å². The zero-order chi connectivity index (χ0) is 14.7. The Labute approximate surface area is 119 Å². The summed E-state index contributed by atoms with van der Waals surface area (Å²) < 4.78 is 4.91. The van der Waals surface area contributed by atoms with Crippen molar-refractivity contribution in [1.29, 1.82) is 0 Å². The molecule has 2 rings (SSSR count). The smallest absolute Gasteiger partial charge is 0.330 e. The van der Waals surface area contributed by atoms with E-state index in [0.717, 1.165) is 27.7 Å². The molecule has 0 saturated carbocycles. The number of esters is 1. The first-order valence-electron chi connectivity index (χ1n) is 6.74. The van der Waals surface area contributed by atoms with Crippen molar-refractivity contribution in [2.75, 3.05) is 6.61 Å². The van der Waals surface area contributed by atoms with Crippen LogP contribution in [0.25, 0.3) is 17.0 Å². The van der Waals surface area contributed by atoms with Gasteiger partial charge in [0.2, 0.25) is 0 Å². The lowest BCUT2D eigenvalue weighted by Gasteiger charge is -2.08. The van der Waals surface area contributed by atoms with Gasteiger partial charge in [0.1, 0.15) is 0 Å². The van der Waals surface area contributed by atoms with Crippen LogP contribution in [-0.2, 0) is 9.53 Å². The van der Waals surface area contributed by atoms with Gasteiger partial charge in [0.15, 0.2) is 0 Å². The molecule has 2 aromatic rings. The second-order valence-electron chi connectivity index (χ2n) is 4.92. The number of ether oxygens (including phenoxy) is 1. The van der Waals surface area contributed by atoms with Crippen molar-refractivity contribution in [3.63, 3.8) is 0 Å². The molecule has 0 aliphatic heterocycles. The number of fused-ring (bicyclic) bond motifs is 1. The monoisotopic (exact) mass is 269 g/mol. The summed E-state index contributed by atoms with van der Waals surface area (Å²) in [5.41, 5.74) is 5.25. The van der Waals surface area contributed by atoms with E-state index in [-0.39, 0.29) is 5.97 Å². The van der Waals surface area contributed by atoms with Gasteiger partial charge in [0, 0.05) is 17.2 Å². The minimum absolute atomic E-state index is 0.320. The Balaban J connectivity index is 2.55. The van der Waals surface area contributed by atoms with E-state index < -0.39 is 0 Å². The molecule has 1 aromatic heterocycles. The fraction of sp³-hybridized carbons (Fsp3) is 0.294. The van der Waals surface area contributed by atoms with Gasteiger partial charge in [-0.25, -0.2) is 4.79 Å². The Kier molecular flexibility index (Phi) is 4.18. The van der Waals surface area contributed by atoms with E-state index in [0.29, 0.717) is 6.61 Å². The molecule has 104 valence electrons. The first-order chi connectivity index (χ1) is 9.51. The van der Waals surface area contributed by atoms with Crippen LogP contribution in [0.5, 0.6) is 0 Å². The molecule has 0 N–H and O–H groups in total. The Bertz CT molecular complexity index is 687. The number of nitrogens with zero attached hydrogens (tertiary/aromatic N) is 1. The van der Waals surface area contributed by atoms with E-state index in [1.54, 1.807) is 13.0 Å². The maximum atomic E-state index is 11.4. The Morgan fingerprint density at radius 2 is 2.00 bits per heavy atom. The number of carbonyl (C=O) groups excluding carboxylic acids is 1. The average Bonchev–Trinajstić information content (AvgIpc) is 2.37. The quantitative estimate of drug-likeness (QED) is 0.629. The van der Waals surface area contributed by atoms with Crippen LogP contribution in [0.4, 0.5) is 0 Å². The third-order valence-electron chi connectivity index (χ3n) is 3.09. The molecular formula is C17H19NO2. The van der Waals surface area contributed by atoms with Crippen LogP contribution in [-0.4, -0.2) is 17.6 Å². The summed E-state index contributed by atoms with van der Waals surface area (Å²) in [6.45, 7) is 8.26. The predicted molar refractivity (Wildman–Crippen MR) is 81.6 cm³/mol. The van der Waals surface area contributed by atoms with Gasteiger partial charge in [-0.05, 0) is 57.0 Å². The van der Waals surface area contributed by atoms with Gasteiger partial charge in [-0.2, -0.15) is 0 Å². The second-order valence-corrected chi connectivity index (χ2v) is 4.92. The fourth-order valence-corrected chi connectivity index (χ4v) is 2.33. The number of rotatable bonds is 3. The molecule has 0 fully saturated rings. The molecule has 0 atom stereocenters. The third-order valence-corrected chi connectivity index (χ3v) is 3.09. The fourth-order valence-electron chi connectivity index (χ4n) is 2.33. The lowest BCUT2D eigenvalue weighted by molar-refractivity contribution is -0.137. The van der Waals surface area contributed by atoms with E-state index in [1.165, 1.54) is 11.6 Å². The van der Waals surface area contributed by atoms with E-state index in [4.69, 9.17) is 4.74 Å². The van der Waals surface area contributed by atoms with Crippen molar-refractivity contribution >= 4 is 22.9 Å². The summed E-state index contributed by atoms with van der Waals surface area (Å²) in [6.07, 6.45) is 3.27. The highest BCUT2D eigenvalue weighted by Gasteiger charge is 2.06. The first kappa shape index (κ1) is 14.3. The molecule has 0 saturated heterocycles. The van der Waals surface area contributed by atoms with Crippen molar-refractivity contribution < 1.29 is 9.53 Å². The summed E-state index contributed by atoms with van der Waals surface area (Å²) in [7, 11) is 0. The normalized spacial score (nSPS) is 11.2. The number of carbonyl (C=O) groups is 1. The molecule has 1 heterocycles. The highest BCUT2D eigenvalue weighted by molar-refractivity contribution is 5.94. The third kappa shape index (κ3) is 3.05. The molecule has 0 radical (unpaired) electrons. The molecule has 3 nitrogen and oxygen atoms in total. The molecule has 0 amide bonds. The second kappa shape index (κ2) is 5.87. The molecule has 1 aromatic carbocycles. The molecule has 3 heteroatoms. The zero-order valence-corrected chi connectivity index (χ0v) is 12.4. The van der Waals surface area contributed by atoms with Crippen molar-refractivity contribution in [2.45, 2.75) is 27.7 Å². The zero-order valence-electron chi connectivity index (χ0n) is 12.4. The lowest BCUT2D eigenvalue weighted by atomic mass is 10.0. The maximum absolute atomic E-state index is 11.4. The number of aryl methyl sites for hydroxylation is 3. The molecule has 0 bridgehead atoms. The largest absolute Gasteiger partial charge is 0.463 e. The van der Waals surface area contributed by atoms with Crippen LogP contribution < -0.4 is 0 Å². The highest BCUT2D eigenvalue weighted by Crippen LogP contribution is 2.24. The lowest BCUT2D eigenvalue weighted by Crippen LogP contribution is -1.99. The van der Waals surface area contributed by atoms with Gasteiger partial charge in [0.05, 0.1) is 12.1 Å². The number of hydrogen-bond acceptors (Lipinski definition) is 3. The number of hydrogen-bond donors (Lipinski definition) is 0. The maximum Gasteiger partial charge on any atom is 0.330 e. The van der Waals surface area contributed by atoms with Crippen LogP contribution >= 0.6 is 0 Å². The average molecular weight is 269 g/mol. The van der Waals surface area contributed by atoms with Crippen molar-refractivity contribution in [3.05, 3.63) is 46.7 Å². The summed E-state index contributed by atoms with van der Waals surface area (Å²) >= 11 is 0. The van der Waals surface area contributed by atoms with Gasteiger partial charge in [0.25, 0.3) is 0 Å².